The van der Waals surface area contributed by atoms with Crippen LogP contribution in [0.5, 0.6) is 0 Å². The highest BCUT2D eigenvalue weighted by Gasteiger charge is 2.34. The summed E-state index contributed by atoms with van der Waals surface area (Å²) in [6.45, 7) is 17.7. The molecule has 1 aromatic carbocycles. The molecular formula is C28H41N3O. The molecule has 1 saturated carbocycles. The molecule has 0 aromatic heterocycles. The van der Waals surface area contributed by atoms with Crippen molar-refractivity contribution in [3.05, 3.63) is 47.3 Å². The predicted octanol–water partition coefficient (Wildman–Crippen LogP) is 6.32. The molecule has 0 amide bonds. The SMILES string of the molecule is C=C(C)NC(C(=C=O)N1CCCC1C(C)=Nc1ccc([C@H]2CCC(C)C2)cc1C)C(C)C. The molecule has 2 aliphatic rings. The van der Waals surface area contributed by atoms with Gasteiger partial charge >= 0.3 is 0 Å². The van der Waals surface area contributed by atoms with E-state index in [1.165, 1.54) is 30.4 Å². The summed E-state index contributed by atoms with van der Waals surface area (Å²) in [5.41, 5.74) is 6.37. The molecule has 1 aliphatic heterocycles. The van der Waals surface area contributed by atoms with E-state index in [9.17, 15) is 4.79 Å². The summed E-state index contributed by atoms with van der Waals surface area (Å²) in [5, 5.41) is 3.39. The molecule has 1 aliphatic carbocycles. The minimum absolute atomic E-state index is 0.0896. The molecule has 174 valence electrons. The average Bonchev–Trinajstić information content (AvgIpc) is 3.38. The fourth-order valence-electron chi connectivity index (χ4n) is 5.44. The van der Waals surface area contributed by atoms with Gasteiger partial charge in [-0.25, -0.2) is 4.79 Å². The third kappa shape index (κ3) is 5.53. The summed E-state index contributed by atoms with van der Waals surface area (Å²) in [6, 6.07) is 6.84. The highest BCUT2D eigenvalue weighted by atomic mass is 16.1. The first-order valence-electron chi connectivity index (χ1n) is 12.3. The second kappa shape index (κ2) is 10.5. The van der Waals surface area contributed by atoms with Crippen LogP contribution in [0.25, 0.3) is 0 Å². The number of allylic oxidation sites excluding steroid dienone is 1. The zero-order valence-corrected chi connectivity index (χ0v) is 20.9. The van der Waals surface area contributed by atoms with Crippen LogP contribution in [0.1, 0.15) is 83.8 Å². The quantitative estimate of drug-likeness (QED) is 0.384. The number of nitrogens with one attached hydrogen (secondary N) is 1. The molecular weight excluding hydrogens is 394 g/mol. The van der Waals surface area contributed by atoms with Gasteiger partial charge in [-0.1, -0.05) is 45.9 Å². The summed E-state index contributed by atoms with van der Waals surface area (Å²) in [5.74, 6) is 4.06. The molecule has 0 radical (unpaired) electrons. The van der Waals surface area contributed by atoms with Crippen molar-refractivity contribution in [1.29, 1.82) is 0 Å². The van der Waals surface area contributed by atoms with Crippen LogP contribution in [-0.2, 0) is 4.79 Å². The van der Waals surface area contributed by atoms with E-state index in [0.717, 1.165) is 42.4 Å². The van der Waals surface area contributed by atoms with E-state index in [1.54, 1.807) is 0 Å². The summed E-state index contributed by atoms with van der Waals surface area (Å²) >= 11 is 0. The van der Waals surface area contributed by atoms with Gasteiger partial charge in [-0.2, -0.15) is 0 Å². The van der Waals surface area contributed by atoms with Crippen LogP contribution in [0.15, 0.2) is 41.2 Å². The zero-order valence-electron chi connectivity index (χ0n) is 20.9. The van der Waals surface area contributed by atoms with E-state index in [4.69, 9.17) is 4.99 Å². The van der Waals surface area contributed by atoms with E-state index >= 15 is 0 Å². The maximum absolute atomic E-state index is 12.1. The lowest BCUT2D eigenvalue weighted by Gasteiger charge is -2.34. The first-order valence-corrected chi connectivity index (χ1v) is 12.3. The van der Waals surface area contributed by atoms with E-state index in [-0.39, 0.29) is 18.0 Å². The van der Waals surface area contributed by atoms with Crippen LogP contribution < -0.4 is 5.32 Å². The normalized spacial score (nSPS) is 24.5. The van der Waals surface area contributed by atoms with E-state index in [1.807, 2.05) is 6.92 Å². The van der Waals surface area contributed by atoms with Gasteiger partial charge in [-0.15, -0.1) is 0 Å². The Labute approximate surface area is 194 Å². The van der Waals surface area contributed by atoms with Crippen LogP contribution in [0.3, 0.4) is 0 Å². The minimum atomic E-state index is -0.0896. The summed E-state index contributed by atoms with van der Waals surface area (Å²) in [6.07, 6.45) is 6.00. The topological polar surface area (TPSA) is 44.7 Å². The number of aliphatic imine (C=N–C) groups is 1. The molecule has 4 nitrogen and oxygen atoms in total. The molecule has 0 spiro atoms. The Morgan fingerprint density at radius 3 is 2.56 bits per heavy atom. The van der Waals surface area contributed by atoms with Gasteiger partial charge in [0.1, 0.15) is 11.6 Å². The Morgan fingerprint density at radius 2 is 2.00 bits per heavy atom. The van der Waals surface area contributed by atoms with Crippen LogP contribution in [-0.4, -0.2) is 35.2 Å². The van der Waals surface area contributed by atoms with E-state index in [0.29, 0.717) is 11.6 Å². The third-order valence-corrected chi connectivity index (χ3v) is 7.20. The number of aryl methyl sites for hydroxylation is 1. The van der Waals surface area contributed by atoms with Crippen molar-refractivity contribution in [3.63, 3.8) is 0 Å². The van der Waals surface area contributed by atoms with Crippen molar-refractivity contribution in [2.24, 2.45) is 16.8 Å². The zero-order chi connectivity index (χ0) is 23.4. The Hall–Kier alpha value is -2.32. The van der Waals surface area contributed by atoms with Gasteiger partial charge in [0.05, 0.1) is 17.8 Å². The Morgan fingerprint density at radius 1 is 1.25 bits per heavy atom. The summed E-state index contributed by atoms with van der Waals surface area (Å²) in [4.78, 5) is 19.3. The predicted molar refractivity (Wildman–Crippen MR) is 135 cm³/mol. The number of benzene rings is 1. The lowest BCUT2D eigenvalue weighted by atomic mass is 9.94. The summed E-state index contributed by atoms with van der Waals surface area (Å²) in [7, 11) is 0. The molecule has 1 aromatic rings. The number of nitrogens with zero attached hydrogens (tertiary/aromatic N) is 2. The molecule has 4 heteroatoms. The first-order chi connectivity index (χ1) is 15.2. The van der Waals surface area contributed by atoms with Gasteiger partial charge in [0.2, 0.25) is 0 Å². The van der Waals surface area contributed by atoms with Gasteiger partial charge in [0.15, 0.2) is 0 Å². The number of hydrogen-bond donors (Lipinski definition) is 1. The van der Waals surface area contributed by atoms with Crippen molar-refractivity contribution in [2.45, 2.75) is 91.6 Å². The van der Waals surface area contributed by atoms with Gasteiger partial charge in [0.25, 0.3) is 0 Å². The number of hydrogen-bond acceptors (Lipinski definition) is 4. The Bertz CT molecular complexity index is 909. The van der Waals surface area contributed by atoms with Crippen molar-refractivity contribution in [1.82, 2.24) is 10.2 Å². The second-order valence-corrected chi connectivity index (χ2v) is 10.4. The minimum Gasteiger partial charge on any atom is -0.380 e. The highest BCUT2D eigenvalue weighted by Crippen LogP contribution is 2.39. The van der Waals surface area contributed by atoms with E-state index < -0.39 is 0 Å². The average molecular weight is 436 g/mol. The van der Waals surface area contributed by atoms with Crippen LogP contribution >= 0.6 is 0 Å². The van der Waals surface area contributed by atoms with Crippen LogP contribution in [0.2, 0.25) is 0 Å². The van der Waals surface area contributed by atoms with Gasteiger partial charge in [0, 0.05) is 18.0 Å². The van der Waals surface area contributed by atoms with Crippen molar-refractivity contribution >= 4 is 17.3 Å². The van der Waals surface area contributed by atoms with Gasteiger partial charge in [-0.05, 0) is 81.4 Å². The lowest BCUT2D eigenvalue weighted by molar-refractivity contribution is 0.315. The fourth-order valence-corrected chi connectivity index (χ4v) is 5.44. The molecule has 2 fully saturated rings. The van der Waals surface area contributed by atoms with Crippen LogP contribution in [0, 0.1) is 18.8 Å². The lowest BCUT2D eigenvalue weighted by Crippen LogP contribution is -2.45. The van der Waals surface area contributed by atoms with Crippen LogP contribution in [0.4, 0.5) is 5.69 Å². The van der Waals surface area contributed by atoms with Crippen molar-refractivity contribution < 1.29 is 4.79 Å². The Kier molecular flexibility index (Phi) is 8.00. The van der Waals surface area contributed by atoms with Gasteiger partial charge < -0.3 is 10.2 Å². The number of likely N-dealkylation sites (tertiary alicyclic amines) is 1. The summed E-state index contributed by atoms with van der Waals surface area (Å²) < 4.78 is 0. The molecule has 1 saturated heterocycles. The molecule has 1 N–H and O–H groups in total. The largest absolute Gasteiger partial charge is 0.380 e. The standard InChI is InChI=1S/C28H41N3O/c1-18(2)28(29-19(3)4)27(17-32)31-14-8-9-26(31)22(7)30-25-13-12-24(16-21(25)6)23-11-10-20(5)15-23/h12-13,16,18,20,23,26,28-29H,3,8-11,14-15H2,1-2,4-7H3/t20?,23-,26?,28?/m0/s1. The fraction of sp³-hybridized carbons (Fsp3) is 0.607. The van der Waals surface area contributed by atoms with Crippen molar-refractivity contribution in [3.8, 4) is 0 Å². The second-order valence-electron chi connectivity index (χ2n) is 10.4. The molecule has 32 heavy (non-hydrogen) atoms. The van der Waals surface area contributed by atoms with E-state index in [2.05, 4.69) is 75.6 Å². The third-order valence-electron chi connectivity index (χ3n) is 7.20. The molecule has 0 bridgehead atoms. The Balaban J connectivity index is 1.82. The molecule has 3 unspecified atom stereocenters. The molecule has 3 rings (SSSR count). The molecule has 1 heterocycles. The maximum Gasteiger partial charge on any atom is 0.148 e. The molecule has 4 atom stereocenters. The number of rotatable bonds is 8. The maximum atomic E-state index is 12.1. The van der Waals surface area contributed by atoms with Crippen molar-refractivity contribution in [2.75, 3.05) is 6.54 Å². The van der Waals surface area contributed by atoms with Gasteiger partial charge in [-0.3, -0.25) is 4.99 Å². The first kappa shape index (κ1) is 24.3. The number of carbonyl (C=O) groups excluding carboxylic acids is 1. The highest BCUT2D eigenvalue weighted by molar-refractivity contribution is 5.90. The smallest absolute Gasteiger partial charge is 0.148 e. The monoisotopic (exact) mass is 435 g/mol.